The van der Waals surface area contributed by atoms with E-state index >= 15 is 0 Å². The van der Waals surface area contributed by atoms with Crippen molar-refractivity contribution in [3.63, 3.8) is 0 Å². The first-order chi connectivity index (χ1) is 11.5. The van der Waals surface area contributed by atoms with E-state index in [-0.39, 0.29) is 17.7 Å². The Kier molecular flexibility index (Phi) is 5.35. The summed E-state index contributed by atoms with van der Waals surface area (Å²) in [6, 6.07) is 5.07. The van der Waals surface area contributed by atoms with Crippen LogP contribution in [-0.4, -0.2) is 34.1 Å². The van der Waals surface area contributed by atoms with Crippen LogP contribution >= 0.6 is 34.8 Å². The average molecular weight is 389 g/mol. The molecule has 3 rings (SSSR count). The summed E-state index contributed by atoms with van der Waals surface area (Å²) in [7, 11) is 0. The van der Waals surface area contributed by atoms with Gasteiger partial charge in [-0.1, -0.05) is 34.8 Å². The highest BCUT2D eigenvalue weighted by Gasteiger charge is 2.27. The molecule has 5 nitrogen and oxygen atoms in total. The summed E-state index contributed by atoms with van der Waals surface area (Å²) in [6.07, 6.45) is 4.71. The molecule has 0 unspecified atom stereocenters. The predicted octanol–water partition coefficient (Wildman–Crippen LogP) is 3.54. The van der Waals surface area contributed by atoms with Crippen molar-refractivity contribution in [2.45, 2.75) is 25.3 Å². The van der Waals surface area contributed by atoms with Crippen LogP contribution in [0.15, 0.2) is 29.2 Å². The van der Waals surface area contributed by atoms with Gasteiger partial charge in [0.15, 0.2) is 0 Å². The molecule has 0 spiro atoms. The SMILES string of the molecule is O=c1c(Cl)c(N(CCO)C2CCC2)cnn1-c1ccc(Cl)cc1Cl. The number of anilines is 1. The summed E-state index contributed by atoms with van der Waals surface area (Å²) in [6.45, 7) is 0.399. The maximum Gasteiger partial charge on any atom is 0.292 e. The van der Waals surface area contributed by atoms with E-state index in [0.29, 0.717) is 28.0 Å². The Balaban J connectivity index is 2.03. The number of halogens is 3. The molecule has 128 valence electrons. The normalized spacial score (nSPS) is 14.5. The minimum Gasteiger partial charge on any atom is -0.395 e. The second-order valence-corrected chi connectivity index (χ2v) is 6.88. The molecule has 24 heavy (non-hydrogen) atoms. The Morgan fingerprint density at radius 3 is 2.62 bits per heavy atom. The summed E-state index contributed by atoms with van der Waals surface area (Å²) < 4.78 is 1.16. The zero-order valence-corrected chi connectivity index (χ0v) is 15.0. The Bertz CT molecular complexity index is 806. The van der Waals surface area contributed by atoms with E-state index in [0.717, 1.165) is 23.9 Å². The van der Waals surface area contributed by atoms with Crippen molar-refractivity contribution in [1.82, 2.24) is 9.78 Å². The van der Waals surface area contributed by atoms with Crippen molar-refractivity contribution in [2.24, 2.45) is 0 Å². The molecule has 1 aromatic carbocycles. The Morgan fingerprint density at radius 1 is 1.29 bits per heavy atom. The number of hydrogen-bond donors (Lipinski definition) is 1. The highest BCUT2D eigenvalue weighted by molar-refractivity contribution is 6.36. The predicted molar refractivity (Wildman–Crippen MR) is 96.9 cm³/mol. The topological polar surface area (TPSA) is 58.4 Å². The zero-order valence-electron chi connectivity index (χ0n) is 12.8. The second-order valence-electron chi connectivity index (χ2n) is 5.66. The number of nitrogens with zero attached hydrogens (tertiary/aromatic N) is 3. The van der Waals surface area contributed by atoms with Gasteiger partial charge in [0.2, 0.25) is 0 Å². The lowest BCUT2D eigenvalue weighted by Crippen LogP contribution is -2.43. The minimum absolute atomic E-state index is 0.0150. The molecule has 0 atom stereocenters. The molecular formula is C16H16Cl3N3O2. The lowest BCUT2D eigenvalue weighted by atomic mass is 9.91. The molecule has 0 amide bonds. The molecule has 0 aliphatic heterocycles. The third-order valence-corrected chi connectivity index (χ3v) is 5.10. The van der Waals surface area contributed by atoms with Crippen LogP contribution < -0.4 is 10.5 Å². The Hall–Kier alpha value is -1.27. The maximum atomic E-state index is 12.7. The molecule has 0 radical (unpaired) electrons. The van der Waals surface area contributed by atoms with Crippen molar-refractivity contribution in [3.8, 4) is 5.69 Å². The molecule has 0 bridgehead atoms. The smallest absolute Gasteiger partial charge is 0.292 e. The fourth-order valence-electron chi connectivity index (χ4n) is 2.75. The fraction of sp³-hybridized carbons (Fsp3) is 0.375. The molecule has 2 aromatic rings. The molecule has 8 heteroatoms. The van der Waals surface area contributed by atoms with Gasteiger partial charge in [-0.2, -0.15) is 9.78 Å². The zero-order chi connectivity index (χ0) is 17.3. The molecule has 1 saturated carbocycles. The van der Waals surface area contributed by atoms with Crippen LogP contribution in [0.25, 0.3) is 5.69 Å². The van der Waals surface area contributed by atoms with E-state index in [1.54, 1.807) is 24.4 Å². The number of rotatable bonds is 5. The average Bonchev–Trinajstić information content (AvgIpc) is 2.49. The quantitative estimate of drug-likeness (QED) is 0.851. The van der Waals surface area contributed by atoms with E-state index in [4.69, 9.17) is 34.8 Å². The first kappa shape index (κ1) is 17.5. The highest BCUT2D eigenvalue weighted by atomic mass is 35.5. The molecule has 1 aliphatic rings. The van der Waals surface area contributed by atoms with E-state index in [2.05, 4.69) is 5.10 Å². The van der Waals surface area contributed by atoms with E-state index in [9.17, 15) is 9.90 Å². The van der Waals surface area contributed by atoms with Crippen molar-refractivity contribution >= 4 is 40.5 Å². The third-order valence-electron chi connectivity index (χ3n) is 4.20. The molecule has 1 aromatic heterocycles. The highest BCUT2D eigenvalue weighted by Crippen LogP contribution is 2.32. The molecule has 1 fully saturated rings. The van der Waals surface area contributed by atoms with Gasteiger partial charge in [0, 0.05) is 17.6 Å². The van der Waals surface area contributed by atoms with Gasteiger partial charge < -0.3 is 10.0 Å². The molecule has 1 heterocycles. The van der Waals surface area contributed by atoms with Crippen molar-refractivity contribution in [2.75, 3.05) is 18.1 Å². The first-order valence-corrected chi connectivity index (χ1v) is 8.77. The standard InChI is InChI=1S/C16H16Cl3N3O2/c17-10-4-5-13(12(18)8-10)22-16(24)15(19)14(9-20-22)21(6-7-23)11-2-1-3-11/h4-5,8-9,11,23H,1-3,6-7H2. The first-order valence-electron chi connectivity index (χ1n) is 7.63. The lowest BCUT2D eigenvalue weighted by molar-refractivity contribution is 0.283. The van der Waals surface area contributed by atoms with Crippen LogP contribution in [0, 0.1) is 0 Å². The van der Waals surface area contributed by atoms with Gasteiger partial charge in [-0.25, -0.2) is 0 Å². The second kappa shape index (κ2) is 7.31. The van der Waals surface area contributed by atoms with E-state index in [1.807, 2.05) is 4.90 Å². The largest absolute Gasteiger partial charge is 0.395 e. The monoisotopic (exact) mass is 387 g/mol. The number of hydrogen-bond acceptors (Lipinski definition) is 4. The number of benzene rings is 1. The molecule has 1 aliphatic carbocycles. The summed E-state index contributed by atoms with van der Waals surface area (Å²) in [5, 5.41) is 14.4. The maximum absolute atomic E-state index is 12.7. The molecular weight excluding hydrogens is 373 g/mol. The third kappa shape index (κ3) is 3.26. The van der Waals surface area contributed by atoms with Crippen LogP contribution in [-0.2, 0) is 0 Å². The molecule has 0 saturated heterocycles. The Morgan fingerprint density at radius 2 is 2.04 bits per heavy atom. The van der Waals surface area contributed by atoms with Crippen LogP contribution in [0.4, 0.5) is 5.69 Å². The lowest BCUT2D eigenvalue weighted by Gasteiger charge is -2.39. The van der Waals surface area contributed by atoms with Crippen molar-refractivity contribution < 1.29 is 5.11 Å². The van der Waals surface area contributed by atoms with Crippen LogP contribution in [0.3, 0.4) is 0 Å². The van der Waals surface area contributed by atoms with Crippen molar-refractivity contribution in [3.05, 3.63) is 49.8 Å². The summed E-state index contributed by atoms with van der Waals surface area (Å²) in [5.41, 5.74) is 0.499. The van der Waals surface area contributed by atoms with E-state index < -0.39 is 5.56 Å². The van der Waals surface area contributed by atoms with Gasteiger partial charge in [-0.05, 0) is 37.5 Å². The summed E-state index contributed by atoms with van der Waals surface area (Å²) >= 11 is 18.4. The van der Waals surface area contributed by atoms with Gasteiger partial charge in [0.25, 0.3) is 5.56 Å². The van der Waals surface area contributed by atoms with Crippen LogP contribution in [0.2, 0.25) is 15.1 Å². The summed E-state index contributed by atoms with van der Waals surface area (Å²) in [5.74, 6) is 0. The van der Waals surface area contributed by atoms with Crippen LogP contribution in [0.1, 0.15) is 19.3 Å². The van der Waals surface area contributed by atoms with Gasteiger partial charge in [0.1, 0.15) is 5.02 Å². The Labute approximate surface area is 154 Å². The van der Waals surface area contributed by atoms with Crippen LogP contribution in [0.5, 0.6) is 0 Å². The van der Waals surface area contributed by atoms with E-state index in [1.165, 1.54) is 0 Å². The number of aliphatic hydroxyl groups is 1. The minimum atomic E-state index is -0.458. The number of aliphatic hydroxyl groups excluding tert-OH is 1. The number of aromatic nitrogens is 2. The molecule has 1 N–H and O–H groups in total. The summed E-state index contributed by atoms with van der Waals surface area (Å²) in [4.78, 5) is 14.6. The van der Waals surface area contributed by atoms with Gasteiger partial charge in [0.05, 0.1) is 29.2 Å². The van der Waals surface area contributed by atoms with Gasteiger partial charge in [-0.15, -0.1) is 0 Å². The van der Waals surface area contributed by atoms with Crippen molar-refractivity contribution in [1.29, 1.82) is 0 Å². The van der Waals surface area contributed by atoms with Gasteiger partial charge >= 0.3 is 0 Å². The fourth-order valence-corrected chi connectivity index (χ4v) is 3.48. The van der Waals surface area contributed by atoms with Gasteiger partial charge in [-0.3, -0.25) is 4.79 Å².